The highest BCUT2D eigenvalue weighted by atomic mass is 19.1. The van der Waals surface area contributed by atoms with Gasteiger partial charge in [0, 0.05) is 22.8 Å². The molecule has 0 fully saturated rings. The summed E-state index contributed by atoms with van der Waals surface area (Å²) in [5.41, 5.74) is 0.730. The van der Waals surface area contributed by atoms with Gasteiger partial charge in [0.05, 0.1) is 34.4 Å². The van der Waals surface area contributed by atoms with Gasteiger partial charge < -0.3 is 24.4 Å². The summed E-state index contributed by atoms with van der Waals surface area (Å²) in [7, 11) is 4.63. The predicted molar refractivity (Wildman–Crippen MR) is 144 cm³/mol. The van der Waals surface area contributed by atoms with Crippen LogP contribution in [0.1, 0.15) is 29.2 Å². The van der Waals surface area contributed by atoms with Crippen molar-refractivity contribution < 1.29 is 27.8 Å². The van der Waals surface area contributed by atoms with E-state index in [1.54, 1.807) is 38.5 Å². The van der Waals surface area contributed by atoms with Crippen LogP contribution in [-0.4, -0.2) is 38.4 Å². The van der Waals surface area contributed by atoms with Gasteiger partial charge in [0.1, 0.15) is 34.8 Å². The zero-order chi connectivity index (χ0) is 27.9. The Bertz CT molecular complexity index is 1280. The van der Waals surface area contributed by atoms with Crippen LogP contribution in [0.5, 0.6) is 17.2 Å². The van der Waals surface area contributed by atoms with Gasteiger partial charge in [-0.05, 0) is 43.7 Å². The molecular weight excluding hydrogens is 490 g/mol. The van der Waals surface area contributed by atoms with E-state index in [1.807, 2.05) is 25.1 Å². The highest BCUT2D eigenvalue weighted by Crippen LogP contribution is 2.32. The Hall–Kier alpha value is -4.07. The number of nitrogens with zero attached hydrogens (tertiary/aromatic N) is 1. The summed E-state index contributed by atoms with van der Waals surface area (Å²) < 4.78 is 46.5. The molecule has 0 heterocycles. The number of carbonyl (C=O) groups excluding carboxylic acids is 1. The number of hydrogen-bond donors (Lipinski definition) is 1. The molecule has 1 N–H and O–H groups in total. The molecule has 202 valence electrons. The molecule has 0 aliphatic rings. The van der Waals surface area contributed by atoms with E-state index in [0.717, 1.165) is 17.2 Å². The van der Waals surface area contributed by atoms with Crippen molar-refractivity contribution in [2.45, 2.75) is 38.6 Å². The molecule has 8 heteroatoms. The first-order valence-electron chi connectivity index (χ1n) is 12.1. The minimum atomic E-state index is -1.77. The Morgan fingerprint density at radius 2 is 1.61 bits per heavy atom. The van der Waals surface area contributed by atoms with Crippen LogP contribution in [-0.2, 0) is 18.6 Å². The van der Waals surface area contributed by atoms with Crippen LogP contribution in [0, 0.1) is 12.7 Å². The third-order valence-electron chi connectivity index (χ3n) is 6.50. The number of nitrogens with one attached hydrogen (secondary N) is 1. The number of rotatable bonds is 11. The Labute approximate surface area is 222 Å². The lowest BCUT2D eigenvalue weighted by atomic mass is 9.86. The standard InChI is InChI=1S/C30H34F2N2O4/c1-7-28(32)30(3,24-10-8-9-11-25(24)31)33-29(35)34(18-21-13-12-20(2)16-26(21)37-5)19-22-14-15-23(36-4)17-27(22)38-6/h7-17,28H,1,18-19H2,2-6H3,(H,33,35)/t28-,30+/m0/s1. The van der Waals surface area contributed by atoms with Crippen LogP contribution in [0.15, 0.2) is 73.3 Å². The first-order valence-corrected chi connectivity index (χ1v) is 12.1. The van der Waals surface area contributed by atoms with E-state index in [0.29, 0.717) is 22.8 Å². The molecule has 3 rings (SSSR count). The lowest BCUT2D eigenvalue weighted by molar-refractivity contribution is 0.154. The van der Waals surface area contributed by atoms with Gasteiger partial charge in [-0.25, -0.2) is 13.6 Å². The highest BCUT2D eigenvalue weighted by Gasteiger charge is 2.39. The summed E-state index contributed by atoms with van der Waals surface area (Å²) in [5, 5.41) is 2.75. The normalized spacial score (nSPS) is 13.1. The van der Waals surface area contributed by atoms with E-state index in [1.165, 1.54) is 37.1 Å². The molecule has 3 aromatic rings. The average Bonchev–Trinajstić information content (AvgIpc) is 2.93. The second-order valence-corrected chi connectivity index (χ2v) is 9.10. The Kier molecular flexibility index (Phi) is 9.34. The van der Waals surface area contributed by atoms with Crippen LogP contribution >= 0.6 is 0 Å². The van der Waals surface area contributed by atoms with E-state index in [9.17, 15) is 9.18 Å². The van der Waals surface area contributed by atoms with Crippen LogP contribution in [0.3, 0.4) is 0 Å². The second-order valence-electron chi connectivity index (χ2n) is 9.10. The maximum Gasteiger partial charge on any atom is 0.318 e. The van der Waals surface area contributed by atoms with E-state index in [4.69, 9.17) is 14.2 Å². The van der Waals surface area contributed by atoms with E-state index >= 15 is 4.39 Å². The topological polar surface area (TPSA) is 60.0 Å². The number of carbonyl (C=O) groups is 1. The van der Waals surface area contributed by atoms with Gasteiger partial charge in [0.25, 0.3) is 0 Å². The van der Waals surface area contributed by atoms with Crippen molar-refractivity contribution in [1.29, 1.82) is 0 Å². The number of hydrogen-bond acceptors (Lipinski definition) is 4. The molecule has 0 unspecified atom stereocenters. The summed E-state index contributed by atoms with van der Waals surface area (Å²) in [6, 6.07) is 16.1. The lowest BCUT2D eigenvalue weighted by Gasteiger charge is -2.36. The number of alkyl halides is 1. The van der Waals surface area contributed by atoms with Crippen molar-refractivity contribution in [3.8, 4) is 17.2 Å². The van der Waals surface area contributed by atoms with Gasteiger partial charge in [-0.2, -0.15) is 0 Å². The van der Waals surface area contributed by atoms with Crippen molar-refractivity contribution in [2.24, 2.45) is 0 Å². The van der Waals surface area contributed by atoms with Crippen molar-refractivity contribution in [1.82, 2.24) is 10.2 Å². The van der Waals surface area contributed by atoms with Crippen molar-refractivity contribution in [3.63, 3.8) is 0 Å². The summed E-state index contributed by atoms with van der Waals surface area (Å²) in [5.74, 6) is 1.09. The molecule has 0 saturated heterocycles. The summed E-state index contributed by atoms with van der Waals surface area (Å²) in [6.07, 6.45) is -0.721. The summed E-state index contributed by atoms with van der Waals surface area (Å²) >= 11 is 0. The maximum atomic E-state index is 15.3. The quantitative estimate of drug-likeness (QED) is 0.299. The third-order valence-corrected chi connectivity index (χ3v) is 6.50. The molecule has 38 heavy (non-hydrogen) atoms. The molecule has 2 amide bonds. The smallest absolute Gasteiger partial charge is 0.318 e. The largest absolute Gasteiger partial charge is 0.497 e. The van der Waals surface area contributed by atoms with E-state index < -0.39 is 23.6 Å². The molecular formula is C30H34F2N2O4. The Morgan fingerprint density at radius 3 is 2.18 bits per heavy atom. The third kappa shape index (κ3) is 6.25. The Balaban J connectivity index is 2.05. The van der Waals surface area contributed by atoms with Crippen molar-refractivity contribution >= 4 is 6.03 Å². The average molecular weight is 525 g/mol. The van der Waals surface area contributed by atoms with Crippen LogP contribution in [0.2, 0.25) is 0 Å². The minimum absolute atomic E-state index is 0.00986. The van der Waals surface area contributed by atoms with Gasteiger partial charge in [0.15, 0.2) is 0 Å². The number of ether oxygens (including phenoxy) is 3. The molecule has 3 aromatic carbocycles. The summed E-state index contributed by atoms with van der Waals surface area (Å²) in [4.78, 5) is 15.3. The highest BCUT2D eigenvalue weighted by molar-refractivity contribution is 5.76. The first-order chi connectivity index (χ1) is 18.2. The Morgan fingerprint density at radius 1 is 1.00 bits per heavy atom. The van der Waals surface area contributed by atoms with Gasteiger partial charge >= 0.3 is 6.03 Å². The molecule has 0 spiro atoms. The fraction of sp³-hybridized carbons (Fsp3) is 0.300. The number of benzene rings is 3. The molecule has 0 aromatic heterocycles. The van der Waals surface area contributed by atoms with Crippen LogP contribution < -0.4 is 19.5 Å². The molecule has 0 saturated carbocycles. The molecule has 0 aliphatic carbocycles. The van der Waals surface area contributed by atoms with E-state index in [2.05, 4.69) is 11.9 Å². The fourth-order valence-corrected chi connectivity index (χ4v) is 4.28. The van der Waals surface area contributed by atoms with Crippen LogP contribution in [0.4, 0.5) is 13.6 Å². The fourth-order valence-electron chi connectivity index (χ4n) is 4.28. The predicted octanol–water partition coefficient (Wildman–Crippen LogP) is 6.31. The van der Waals surface area contributed by atoms with Gasteiger partial charge in [-0.15, -0.1) is 6.58 Å². The van der Waals surface area contributed by atoms with Gasteiger partial charge in [-0.1, -0.05) is 36.4 Å². The number of halogens is 2. The molecule has 0 aliphatic heterocycles. The SMILES string of the molecule is C=C[C@H](F)[C@](C)(NC(=O)N(Cc1ccc(C)cc1OC)Cc1ccc(OC)cc1OC)c1ccccc1F. The minimum Gasteiger partial charge on any atom is -0.497 e. The van der Waals surface area contributed by atoms with E-state index in [-0.39, 0.29) is 18.7 Å². The number of aryl methyl sites for hydroxylation is 1. The zero-order valence-corrected chi connectivity index (χ0v) is 22.4. The molecule has 6 nitrogen and oxygen atoms in total. The number of methoxy groups -OCH3 is 3. The van der Waals surface area contributed by atoms with Crippen LogP contribution in [0.25, 0.3) is 0 Å². The first kappa shape index (κ1) is 28.5. The number of amides is 2. The van der Waals surface area contributed by atoms with Crippen molar-refractivity contribution in [2.75, 3.05) is 21.3 Å². The lowest BCUT2D eigenvalue weighted by Crippen LogP contribution is -2.54. The zero-order valence-electron chi connectivity index (χ0n) is 22.4. The second kappa shape index (κ2) is 12.4. The molecule has 0 radical (unpaired) electrons. The van der Waals surface area contributed by atoms with Gasteiger partial charge in [0.2, 0.25) is 0 Å². The van der Waals surface area contributed by atoms with Gasteiger partial charge in [-0.3, -0.25) is 0 Å². The molecule has 0 bridgehead atoms. The van der Waals surface area contributed by atoms with Crippen molar-refractivity contribution in [3.05, 3.63) is 101 Å². The number of urea groups is 1. The maximum absolute atomic E-state index is 15.3. The monoisotopic (exact) mass is 524 g/mol. The summed E-state index contributed by atoms with van der Waals surface area (Å²) in [6.45, 7) is 7.14. The molecule has 2 atom stereocenters.